The van der Waals surface area contributed by atoms with E-state index in [0.29, 0.717) is 29.7 Å². The van der Waals surface area contributed by atoms with Crippen molar-refractivity contribution in [1.29, 1.82) is 0 Å². The summed E-state index contributed by atoms with van der Waals surface area (Å²) in [6.07, 6.45) is 1.82. The second kappa shape index (κ2) is 9.43. The highest BCUT2D eigenvalue weighted by molar-refractivity contribution is 5.81. The van der Waals surface area contributed by atoms with Crippen molar-refractivity contribution in [3.63, 3.8) is 0 Å². The zero-order chi connectivity index (χ0) is 20.8. The van der Waals surface area contributed by atoms with Crippen molar-refractivity contribution in [2.45, 2.75) is 56.4 Å². The van der Waals surface area contributed by atoms with Crippen molar-refractivity contribution in [2.24, 2.45) is 0 Å². The number of hydrogen-bond donors (Lipinski definition) is 3. The number of aliphatic hydroxyl groups excluding tert-OH is 1. The summed E-state index contributed by atoms with van der Waals surface area (Å²) >= 11 is 0. The lowest BCUT2D eigenvalue weighted by atomic mass is 9.84. The van der Waals surface area contributed by atoms with Crippen LogP contribution in [-0.4, -0.2) is 41.6 Å². The van der Waals surface area contributed by atoms with E-state index in [1.165, 1.54) is 7.11 Å². The number of amides is 1. The second-order valence-corrected chi connectivity index (χ2v) is 7.06. The summed E-state index contributed by atoms with van der Waals surface area (Å²) in [6, 6.07) is 4.93. The van der Waals surface area contributed by atoms with Crippen LogP contribution in [0.15, 0.2) is 24.3 Å². The number of rotatable bonds is 7. The number of halogens is 3. The Balaban J connectivity index is 2.05. The van der Waals surface area contributed by atoms with Crippen LogP contribution in [-0.2, 0) is 4.79 Å². The van der Waals surface area contributed by atoms with Crippen LogP contribution in [0.4, 0.5) is 13.2 Å². The molecule has 5 nitrogen and oxygen atoms in total. The molecule has 1 amide bonds. The maximum Gasteiger partial charge on any atom is 0.471 e. The Kier molecular flexibility index (Phi) is 7.48. The summed E-state index contributed by atoms with van der Waals surface area (Å²) in [5.41, 5.74) is 0.273. The minimum absolute atomic E-state index is 0.0682. The number of hydrogen-bond acceptors (Lipinski definition) is 4. The molecular formula is C20H26F3NO4. The van der Waals surface area contributed by atoms with Crippen LogP contribution >= 0.6 is 0 Å². The predicted molar refractivity (Wildman–Crippen MR) is 98.7 cm³/mol. The first-order chi connectivity index (χ1) is 13.1. The van der Waals surface area contributed by atoms with Gasteiger partial charge in [-0.3, -0.25) is 4.79 Å². The Morgan fingerprint density at radius 2 is 2.00 bits per heavy atom. The molecule has 1 aromatic carbocycles. The van der Waals surface area contributed by atoms with Crippen molar-refractivity contribution in [1.82, 2.24) is 5.32 Å². The number of benzene rings is 1. The first-order valence-corrected chi connectivity index (χ1v) is 9.27. The quantitative estimate of drug-likeness (QED) is 0.653. The molecule has 1 aromatic rings. The molecule has 3 N–H and O–H groups in total. The van der Waals surface area contributed by atoms with Crippen molar-refractivity contribution in [3.8, 4) is 5.75 Å². The van der Waals surface area contributed by atoms with Gasteiger partial charge in [0.2, 0.25) is 0 Å². The molecular weight excluding hydrogens is 375 g/mol. The van der Waals surface area contributed by atoms with Gasteiger partial charge in [-0.2, -0.15) is 13.2 Å². The Morgan fingerprint density at radius 3 is 2.61 bits per heavy atom. The smallest absolute Gasteiger partial charge is 0.471 e. The molecule has 2 rings (SSSR count). The van der Waals surface area contributed by atoms with Gasteiger partial charge in [0.1, 0.15) is 5.75 Å². The van der Waals surface area contributed by atoms with Gasteiger partial charge in [-0.25, -0.2) is 0 Å². The largest absolute Gasteiger partial charge is 0.496 e. The molecule has 0 aliphatic heterocycles. The molecule has 1 aliphatic carbocycles. The number of alkyl halides is 3. The lowest BCUT2D eigenvalue weighted by molar-refractivity contribution is -0.173. The van der Waals surface area contributed by atoms with E-state index in [9.17, 15) is 28.2 Å². The minimum atomic E-state index is -4.94. The van der Waals surface area contributed by atoms with Crippen LogP contribution in [0.25, 0.3) is 6.08 Å². The topological polar surface area (TPSA) is 78.8 Å². The van der Waals surface area contributed by atoms with E-state index in [2.05, 4.69) is 0 Å². The Hall–Kier alpha value is -2.06. The number of carbonyl (C=O) groups excluding carboxylic acids is 1. The van der Waals surface area contributed by atoms with Crippen LogP contribution < -0.4 is 10.1 Å². The molecule has 1 unspecified atom stereocenters. The Morgan fingerprint density at radius 1 is 1.32 bits per heavy atom. The summed E-state index contributed by atoms with van der Waals surface area (Å²) in [6.45, 7) is -0.309. The number of carbonyl (C=O) groups is 1. The van der Waals surface area contributed by atoms with E-state index in [4.69, 9.17) is 4.74 Å². The highest BCUT2D eigenvalue weighted by Crippen LogP contribution is 2.32. The first kappa shape index (κ1) is 22.2. The fourth-order valence-corrected chi connectivity index (χ4v) is 3.26. The normalized spacial score (nSPS) is 18.1. The summed E-state index contributed by atoms with van der Waals surface area (Å²) in [5, 5.41) is 22.6. The molecule has 8 heteroatoms. The molecule has 28 heavy (non-hydrogen) atoms. The molecule has 0 aromatic heterocycles. The molecule has 1 fully saturated rings. The van der Waals surface area contributed by atoms with Gasteiger partial charge in [0.15, 0.2) is 0 Å². The summed E-state index contributed by atoms with van der Waals surface area (Å²) < 4.78 is 41.9. The van der Waals surface area contributed by atoms with Gasteiger partial charge in [-0.1, -0.05) is 37.5 Å². The second-order valence-electron chi connectivity index (χ2n) is 7.06. The molecule has 1 atom stereocenters. The number of nitrogens with one attached hydrogen (secondary N) is 1. The van der Waals surface area contributed by atoms with E-state index >= 15 is 0 Å². The summed E-state index contributed by atoms with van der Waals surface area (Å²) in [5.74, 6) is -1.48. The van der Waals surface area contributed by atoms with Crippen LogP contribution in [0.3, 0.4) is 0 Å². The van der Waals surface area contributed by atoms with Gasteiger partial charge in [0.05, 0.1) is 18.8 Å². The van der Waals surface area contributed by atoms with Crippen molar-refractivity contribution in [2.75, 3.05) is 13.7 Å². The summed E-state index contributed by atoms with van der Waals surface area (Å²) in [4.78, 5) is 10.8. The predicted octanol–water partition coefficient (Wildman–Crippen LogP) is 3.51. The SMILES string of the molecule is COc1ccc(C(O)CCNC(=O)C(F)(F)F)cc1/C=C/C1(O)CCCCC1. The molecule has 0 bridgehead atoms. The van der Waals surface area contributed by atoms with Crippen LogP contribution in [0.2, 0.25) is 0 Å². The molecule has 0 spiro atoms. The maximum absolute atomic E-state index is 12.2. The van der Waals surface area contributed by atoms with Gasteiger partial charge in [-0.15, -0.1) is 0 Å². The van der Waals surface area contributed by atoms with Crippen LogP contribution in [0, 0.1) is 0 Å². The van der Waals surface area contributed by atoms with Gasteiger partial charge >= 0.3 is 12.1 Å². The first-order valence-electron chi connectivity index (χ1n) is 9.27. The third-order valence-corrected chi connectivity index (χ3v) is 4.89. The van der Waals surface area contributed by atoms with Crippen molar-refractivity contribution < 1.29 is 32.9 Å². The molecule has 1 saturated carbocycles. The lowest BCUT2D eigenvalue weighted by Gasteiger charge is -2.28. The van der Waals surface area contributed by atoms with E-state index in [1.807, 2.05) is 0 Å². The number of ether oxygens (including phenoxy) is 1. The van der Waals surface area contributed by atoms with Crippen molar-refractivity contribution in [3.05, 3.63) is 35.4 Å². The monoisotopic (exact) mass is 401 g/mol. The summed E-state index contributed by atoms with van der Waals surface area (Å²) in [7, 11) is 1.50. The molecule has 0 saturated heterocycles. The fourth-order valence-electron chi connectivity index (χ4n) is 3.26. The third-order valence-electron chi connectivity index (χ3n) is 4.89. The molecule has 0 radical (unpaired) electrons. The van der Waals surface area contributed by atoms with Gasteiger partial charge in [0, 0.05) is 12.1 Å². The Bertz CT molecular complexity index is 697. The minimum Gasteiger partial charge on any atom is -0.496 e. The average molecular weight is 401 g/mol. The average Bonchev–Trinajstić information content (AvgIpc) is 2.65. The maximum atomic E-state index is 12.2. The number of aliphatic hydroxyl groups is 2. The molecule has 1 aliphatic rings. The molecule has 156 valence electrons. The standard InChI is InChI=1S/C20H26F3NO4/c1-28-17-6-5-14(16(25)8-12-24-18(26)20(21,22)23)13-15(17)7-11-19(27)9-3-2-4-10-19/h5-7,11,13,16,25,27H,2-4,8-10,12H2,1H3,(H,24,26)/b11-7+. The van der Waals surface area contributed by atoms with Gasteiger partial charge in [0.25, 0.3) is 0 Å². The van der Waals surface area contributed by atoms with Crippen LogP contribution in [0.1, 0.15) is 55.8 Å². The van der Waals surface area contributed by atoms with Gasteiger partial charge < -0.3 is 20.3 Å². The van der Waals surface area contributed by atoms with E-state index < -0.39 is 23.8 Å². The van der Waals surface area contributed by atoms with E-state index in [0.717, 1.165) is 19.3 Å². The third kappa shape index (κ3) is 6.24. The number of methoxy groups -OCH3 is 1. The fraction of sp³-hybridized carbons (Fsp3) is 0.550. The van der Waals surface area contributed by atoms with Crippen molar-refractivity contribution >= 4 is 12.0 Å². The lowest BCUT2D eigenvalue weighted by Crippen LogP contribution is -2.37. The van der Waals surface area contributed by atoms with Crippen LogP contribution in [0.5, 0.6) is 5.75 Å². The Labute approximate surface area is 162 Å². The zero-order valence-electron chi connectivity index (χ0n) is 15.8. The zero-order valence-corrected chi connectivity index (χ0v) is 15.8. The van der Waals surface area contributed by atoms with E-state index in [-0.39, 0.29) is 13.0 Å². The highest BCUT2D eigenvalue weighted by Gasteiger charge is 2.38. The highest BCUT2D eigenvalue weighted by atomic mass is 19.4. The van der Waals surface area contributed by atoms with Gasteiger partial charge in [-0.05, 0) is 37.0 Å². The molecule has 0 heterocycles. The van der Waals surface area contributed by atoms with E-state index in [1.54, 1.807) is 35.7 Å².